The predicted molar refractivity (Wildman–Crippen MR) is 92.1 cm³/mol. The third-order valence-electron chi connectivity index (χ3n) is 5.31. The monoisotopic (exact) mass is 278 g/mol. The van der Waals surface area contributed by atoms with Crippen molar-refractivity contribution in [3.05, 3.63) is 58.7 Å². The first-order chi connectivity index (χ1) is 10.2. The van der Waals surface area contributed by atoms with Gasteiger partial charge in [-0.05, 0) is 64.5 Å². The fraction of sp³-hybridized carbons (Fsp3) is 0.429. The van der Waals surface area contributed by atoms with Crippen LogP contribution in [-0.2, 0) is 6.42 Å². The quantitative estimate of drug-likeness (QED) is 0.526. The van der Waals surface area contributed by atoms with Crippen LogP contribution in [0.4, 0.5) is 0 Å². The molecule has 0 bridgehead atoms. The first-order valence-corrected chi connectivity index (χ1v) is 8.41. The Hall–Kier alpha value is -1.56. The van der Waals surface area contributed by atoms with Gasteiger partial charge in [0, 0.05) is 0 Å². The zero-order valence-corrected chi connectivity index (χ0v) is 13.7. The molecule has 0 heteroatoms. The molecule has 0 radical (unpaired) electrons. The van der Waals surface area contributed by atoms with Crippen LogP contribution in [0.2, 0.25) is 0 Å². The minimum absolute atomic E-state index is 0.651. The molecule has 2 aromatic rings. The van der Waals surface area contributed by atoms with Gasteiger partial charge in [-0.2, -0.15) is 0 Å². The molecule has 2 atom stereocenters. The molecular formula is C21H26. The summed E-state index contributed by atoms with van der Waals surface area (Å²) in [7, 11) is 0. The van der Waals surface area contributed by atoms with E-state index in [1.54, 1.807) is 16.7 Å². The van der Waals surface area contributed by atoms with E-state index < -0.39 is 0 Å². The lowest BCUT2D eigenvalue weighted by atomic mass is 9.82. The van der Waals surface area contributed by atoms with Crippen molar-refractivity contribution in [2.24, 2.45) is 0 Å². The van der Waals surface area contributed by atoms with E-state index in [1.165, 1.54) is 29.5 Å². The summed E-state index contributed by atoms with van der Waals surface area (Å²) in [5.74, 6) is 1.31. The second-order valence-electron chi connectivity index (χ2n) is 6.55. The van der Waals surface area contributed by atoms with Gasteiger partial charge < -0.3 is 0 Å². The van der Waals surface area contributed by atoms with Gasteiger partial charge in [0.25, 0.3) is 0 Å². The second kappa shape index (κ2) is 5.67. The highest BCUT2D eigenvalue weighted by Crippen LogP contribution is 2.44. The molecule has 0 spiro atoms. The van der Waals surface area contributed by atoms with Gasteiger partial charge in [0.05, 0.1) is 0 Å². The molecule has 0 saturated carbocycles. The Morgan fingerprint density at radius 1 is 0.857 bits per heavy atom. The molecule has 0 saturated heterocycles. The zero-order valence-electron chi connectivity index (χ0n) is 13.7. The second-order valence-corrected chi connectivity index (χ2v) is 6.55. The standard InChI is InChI=1S/C21H26/c1-5-14(3)17-11-12-19-18-10-8-7-9-16(18)13-20(19)21(17)15(4)6-2/h7-12,14-15H,5-6,13H2,1-4H3. The molecule has 3 rings (SSSR count). The lowest BCUT2D eigenvalue weighted by molar-refractivity contribution is 0.671. The Kier molecular flexibility index (Phi) is 3.89. The molecule has 1 aliphatic carbocycles. The highest BCUT2D eigenvalue weighted by atomic mass is 14.3. The van der Waals surface area contributed by atoms with Crippen LogP contribution in [0, 0.1) is 0 Å². The zero-order chi connectivity index (χ0) is 15.0. The van der Waals surface area contributed by atoms with Crippen molar-refractivity contribution in [2.75, 3.05) is 0 Å². The highest BCUT2D eigenvalue weighted by molar-refractivity contribution is 5.78. The number of hydrogen-bond acceptors (Lipinski definition) is 0. The maximum atomic E-state index is 2.40. The van der Waals surface area contributed by atoms with Crippen molar-refractivity contribution in [1.29, 1.82) is 0 Å². The Labute approximate surface area is 129 Å². The Morgan fingerprint density at radius 2 is 1.57 bits per heavy atom. The summed E-state index contributed by atoms with van der Waals surface area (Å²) in [6.07, 6.45) is 3.56. The molecule has 0 amide bonds. The first kappa shape index (κ1) is 14.4. The van der Waals surface area contributed by atoms with E-state index in [0.717, 1.165) is 6.42 Å². The van der Waals surface area contributed by atoms with Crippen LogP contribution in [-0.4, -0.2) is 0 Å². The van der Waals surface area contributed by atoms with Crippen LogP contribution in [0.5, 0.6) is 0 Å². The molecule has 0 fully saturated rings. The van der Waals surface area contributed by atoms with Crippen molar-refractivity contribution < 1.29 is 0 Å². The van der Waals surface area contributed by atoms with Crippen LogP contribution in [0.15, 0.2) is 36.4 Å². The molecule has 0 aromatic heterocycles. The average molecular weight is 278 g/mol. The van der Waals surface area contributed by atoms with Crippen LogP contribution >= 0.6 is 0 Å². The van der Waals surface area contributed by atoms with Gasteiger partial charge in [0.15, 0.2) is 0 Å². The van der Waals surface area contributed by atoms with Crippen LogP contribution in [0.1, 0.15) is 74.6 Å². The fourth-order valence-electron chi connectivity index (χ4n) is 3.69. The third kappa shape index (κ3) is 2.31. The molecule has 2 unspecified atom stereocenters. The molecule has 1 aliphatic rings. The van der Waals surface area contributed by atoms with Crippen LogP contribution in [0.25, 0.3) is 11.1 Å². The van der Waals surface area contributed by atoms with Crippen LogP contribution in [0.3, 0.4) is 0 Å². The predicted octanol–water partition coefficient (Wildman–Crippen LogP) is 6.28. The Morgan fingerprint density at radius 3 is 2.29 bits per heavy atom. The molecular weight excluding hydrogens is 252 g/mol. The van der Waals surface area contributed by atoms with Gasteiger partial charge in [0.1, 0.15) is 0 Å². The summed E-state index contributed by atoms with van der Waals surface area (Å²) in [6.45, 7) is 9.37. The number of benzene rings is 2. The summed E-state index contributed by atoms with van der Waals surface area (Å²) in [5.41, 5.74) is 9.25. The van der Waals surface area contributed by atoms with Gasteiger partial charge in [0.2, 0.25) is 0 Å². The molecule has 21 heavy (non-hydrogen) atoms. The first-order valence-electron chi connectivity index (χ1n) is 8.41. The van der Waals surface area contributed by atoms with Crippen molar-refractivity contribution in [3.8, 4) is 11.1 Å². The van der Waals surface area contributed by atoms with E-state index in [-0.39, 0.29) is 0 Å². The molecule has 110 valence electrons. The smallest absolute Gasteiger partial charge is 0.00105 e. The van der Waals surface area contributed by atoms with E-state index in [0.29, 0.717) is 11.8 Å². The highest BCUT2D eigenvalue weighted by Gasteiger charge is 2.25. The molecule has 0 nitrogen and oxygen atoms in total. The van der Waals surface area contributed by atoms with Gasteiger partial charge in [-0.3, -0.25) is 0 Å². The van der Waals surface area contributed by atoms with E-state index >= 15 is 0 Å². The summed E-state index contributed by atoms with van der Waals surface area (Å²) in [5, 5.41) is 0. The largest absolute Gasteiger partial charge is 0.0648 e. The SMILES string of the molecule is CCC(C)c1ccc2c(c1C(C)CC)Cc1ccccc1-2. The lowest BCUT2D eigenvalue weighted by Crippen LogP contribution is -2.06. The summed E-state index contributed by atoms with van der Waals surface area (Å²) < 4.78 is 0. The Bertz CT molecular complexity index is 651. The maximum Gasteiger partial charge on any atom is -0.00105 e. The van der Waals surface area contributed by atoms with Crippen molar-refractivity contribution >= 4 is 0 Å². The maximum absolute atomic E-state index is 2.40. The van der Waals surface area contributed by atoms with Gasteiger partial charge in [-0.25, -0.2) is 0 Å². The number of hydrogen-bond donors (Lipinski definition) is 0. The van der Waals surface area contributed by atoms with Crippen LogP contribution < -0.4 is 0 Å². The fourth-order valence-corrected chi connectivity index (χ4v) is 3.69. The van der Waals surface area contributed by atoms with E-state index in [9.17, 15) is 0 Å². The molecule has 2 aromatic carbocycles. The number of rotatable bonds is 4. The molecule has 0 N–H and O–H groups in total. The molecule has 0 heterocycles. The minimum Gasteiger partial charge on any atom is -0.0648 e. The third-order valence-corrected chi connectivity index (χ3v) is 5.31. The number of fused-ring (bicyclic) bond motifs is 3. The summed E-state index contributed by atoms with van der Waals surface area (Å²) in [6, 6.07) is 13.7. The topological polar surface area (TPSA) is 0 Å². The van der Waals surface area contributed by atoms with Crippen molar-refractivity contribution in [3.63, 3.8) is 0 Å². The summed E-state index contributed by atoms with van der Waals surface area (Å²) in [4.78, 5) is 0. The van der Waals surface area contributed by atoms with Crippen molar-refractivity contribution in [2.45, 2.75) is 58.8 Å². The van der Waals surface area contributed by atoms with E-state index in [1.807, 2.05) is 0 Å². The molecule has 0 aliphatic heterocycles. The Balaban J connectivity index is 2.20. The van der Waals surface area contributed by atoms with Crippen molar-refractivity contribution in [1.82, 2.24) is 0 Å². The van der Waals surface area contributed by atoms with Gasteiger partial charge >= 0.3 is 0 Å². The van der Waals surface area contributed by atoms with E-state index in [2.05, 4.69) is 64.1 Å². The summed E-state index contributed by atoms with van der Waals surface area (Å²) >= 11 is 0. The van der Waals surface area contributed by atoms with Gasteiger partial charge in [-0.1, -0.05) is 64.1 Å². The normalized spacial score (nSPS) is 15.4. The average Bonchev–Trinajstić information content (AvgIpc) is 2.91. The minimum atomic E-state index is 0.651. The van der Waals surface area contributed by atoms with E-state index in [4.69, 9.17) is 0 Å². The lowest BCUT2D eigenvalue weighted by Gasteiger charge is -2.23. The van der Waals surface area contributed by atoms with Gasteiger partial charge in [-0.15, -0.1) is 0 Å².